The van der Waals surface area contributed by atoms with Crippen LogP contribution >= 0.6 is 23.4 Å². The van der Waals surface area contributed by atoms with Gasteiger partial charge in [0.25, 0.3) is 5.22 Å². The number of nitrogens with one attached hydrogen (secondary N) is 1. The van der Waals surface area contributed by atoms with Gasteiger partial charge in [-0.05, 0) is 43.3 Å². The van der Waals surface area contributed by atoms with E-state index in [4.69, 9.17) is 16.0 Å². The molecule has 2 aromatic heterocycles. The minimum Gasteiger partial charge on any atom is -0.411 e. The zero-order valence-electron chi connectivity index (χ0n) is 12.6. The van der Waals surface area contributed by atoms with Crippen molar-refractivity contribution in [2.75, 3.05) is 5.32 Å². The molecular formula is C16H13ClN4O2S. The maximum atomic E-state index is 12.2. The minimum atomic E-state index is -0.400. The number of benzene rings is 1. The van der Waals surface area contributed by atoms with E-state index in [1.165, 1.54) is 11.8 Å². The molecule has 0 fully saturated rings. The molecule has 0 spiro atoms. The molecule has 0 radical (unpaired) electrons. The number of anilines is 1. The van der Waals surface area contributed by atoms with E-state index in [9.17, 15) is 4.79 Å². The summed E-state index contributed by atoms with van der Waals surface area (Å²) in [4.78, 5) is 16.2. The van der Waals surface area contributed by atoms with Gasteiger partial charge in [0.05, 0.1) is 10.8 Å². The molecule has 24 heavy (non-hydrogen) atoms. The molecule has 1 unspecified atom stereocenters. The Morgan fingerprint density at radius 2 is 2.04 bits per heavy atom. The van der Waals surface area contributed by atoms with Crippen LogP contribution in [-0.4, -0.2) is 26.3 Å². The highest BCUT2D eigenvalue weighted by Gasteiger charge is 2.19. The van der Waals surface area contributed by atoms with E-state index in [2.05, 4.69) is 20.5 Å². The van der Waals surface area contributed by atoms with Crippen LogP contribution in [-0.2, 0) is 4.79 Å². The molecule has 122 valence electrons. The van der Waals surface area contributed by atoms with Crippen LogP contribution in [0.2, 0.25) is 5.02 Å². The van der Waals surface area contributed by atoms with E-state index in [1.54, 1.807) is 49.6 Å². The van der Waals surface area contributed by atoms with Crippen molar-refractivity contribution in [3.8, 4) is 11.5 Å². The van der Waals surface area contributed by atoms with Crippen molar-refractivity contribution in [3.05, 3.63) is 53.8 Å². The number of hydrogen-bond acceptors (Lipinski definition) is 6. The summed E-state index contributed by atoms with van der Waals surface area (Å²) in [7, 11) is 0. The number of rotatable bonds is 5. The molecular weight excluding hydrogens is 348 g/mol. The summed E-state index contributed by atoms with van der Waals surface area (Å²) < 4.78 is 5.56. The molecule has 3 aromatic rings. The summed E-state index contributed by atoms with van der Waals surface area (Å²) in [5, 5.41) is 11.3. The van der Waals surface area contributed by atoms with Crippen molar-refractivity contribution < 1.29 is 9.21 Å². The number of aromatic nitrogens is 3. The average molecular weight is 361 g/mol. The molecule has 1 amide bonds. The molecule has 0 saturated heterocycles. The van der Waals surface area contributed by atoms with Crippen LogP contribution in [0.25, 0.3) is 11.5 Å². The summed E-state index contributed by atoms with van der Waals surface area (Å²) in [5.74, 6) is 0.208. The van der Waals surface area contributed by atoms with Crippen molar-refractivity contribution in [1.82, 2.24) is 15.2 Å². The van der Waals surface area contributed by atoms with Crippen LogP contribution in [0.15, 0.2) is 58.4 Å². The molecule has 1 N–H and O–H groups in total. The topological polar surface area (TPSA) is 80.9 Å². The van der Waals surface area contributed by atoms with Crippen molar-refractivity contribution in [1.29, 1.82) is 0 Å². The number of carbonyl (C=O) groups excluding carboxylic acids is 1. The van der Waals surface area contributed by atoms with Crippen LogP contribution < -0.4 is 5.32 Å². The highest BCUT2D eigenvalue weighted by atomic mass is 35.5. The first kappa shape index (κ1) is 16.5. The van der Waals surface area contributed by atoms with Crippen LogP contribution in [0.5, 0.6) is 0 Å². The van der Waals surface area contributed by atoms with Gasteiger partial charge in [-0.3, -0.25) is 9.78 Å². The van der Waals surface area contributed by atoms with E-state index < -0.39 is 5.25 Å². The smallest absolute Gasteiger partial charge is 0.277 e. The third-order valence-corrected chi connectivity index (χ3v) is 4.26. The van der Waals surface area contributed by atoms with Gasteiger partial charge in [0.1, 0.15) is 0 Å². The van der Waals surface area contributed by atoms with Gasteiger partial charge >= 0.3 is 0 Å². The molecule has 2 heterocycles. The van der Waals surface area contributed by atoms with E-state index in [0.29, 0.717) is 21.8 Å². The number of hydrogen-bond donors (Lipinski definition) is 1. The van der Waals surface area contributed by atoms with Gasteiger partial charge in [0.2, 0.25) is 11.8 Å². The lowest BCUT2D eigenvalue weighted by Gasteiger charge is -2.09. The quantitative estimate of drug-likeness (QED) is 0.695. The van der Waals surface area contributed by atoms with E-state index in [-0.39, 0.29) is 5.91 Å². The van der Waals surface area contributed by atoms with Gasteiger partial charge in [-0.15, -0.1) is 10.2 Å². The van der Waals surface area contributed by atoms with Crippen molar-refractivity contribution in [2.24, 2.45) is 0 Å². The summed E-state index contributed by atoms with van der Waals surface area (Å²) in [6, 6.07) is 10.5. The molecule has 6 nitrogen and oxygen atoms in total. The SMILES string of the molecule is CC(Sc1nnc(-c2cccnc2)o1)C(=O)Nc1ccc(Cl)cc1. The Hall–Kier alpha value is -2.38. The minimum absolute atomic E-state index is 0.163. The molecule has 0 aliphatic carbocycles. The Balaban J connectivity index is 1.62. The third-order valence-electron chi connectivity index (χ3n) is 3.07. The monoisotopic (exact) mass is 360 g/mol. The highest BCUT2D eigenvalue weighted by Crippen LogP contribution is 2.26. The van der Waals surface area contributed by atoms with Crippen LogP contribution in [0, 0.1) is 0 Å². The third kappa shape index (κ3) is 4.12. The fourth-order valence-corrected chi connectivity index (χ4v) is 2.65. The Kier molecular flexibility index (Phi) is 5.12. The van der Waals surface area contributed by atoms with E-state index in [0.717, 1.165) is 5.56 Å². The predicted octanol–water partition coefficient (Wildman–Crippen LogP) is 3.90. The second-order valence-electron chi connectivity index (χ2n) is 4.87. The molecule has 0 aliphatic heterocycles. The second kappa shape index (κ2) is 7.46. The highest BCUT2D eigenvalue weighted by molar-refractivity contribution is 8.00. The number of amides is 1. The normalized spacial score (nSPS) is 11.9. The Labute approximate surface area is 147 Å². The predicted molar refractivity (Wildman–Crippen MR) is 92.9 cm³/mol. The number of nitrogens with zero attached hydrogens (tertiary/aromatic N) is 3. The van der Waals surface area contributed by atoms with E-state index in [1.807, 2.05) is 6.07 Å². The summed E-state index contributed by atoms with van der Waals surface area (Å²) >= 11 is 7.01. The molecule has 8 heteroatoms. The van der Waals surface area contributed by atoms with E-state index >= 15 is 0 Å². The van der Waals surface area contributed by atoms with Gasteiger partial charge < -0.3 is 9.73 Å². The van der Waals surface area contributed by atoms with Gasteiger partial charge in [-0.1, -0.05) is 23.4 Å². The lowest BCUT2D eigenvalue weighted by atomic mass is 10.3. The van der Waals surface area contributed by atoms with Gasteiger partial charge in [0.15, 0.2) is 0 Å². The Morgan fingerprint density at radius 1 is 1.25 bits per heavy atom. The lowest BCUT2D eigenvalue weighted by molar-refractivity contribution is -0.115. The molecule has 1 atom stereocenters. The van der Waals surface area contributed by atoms with Crippen LogP contribution in [0.1, 0.15) is 6.92 Å². The van der Waals surface area contributed by atoms with Gasteiger partial charge in [-0.25, -0.2) is 0 Å². The molecule has 0 saturated carbocycles. The molecule has 1 aromatic carbocycles. The van der Waals surface area contributed by atoms with Crippen molar-refractivity contribution in [3.63, 3.8) is 0 Å². The summed E-state index contributed by atoms with van der Waals surface area (Å²) in [6.07, 6.45) is 3.30. The number of carbonyl (C=O) groups is 1. The number of halogens is 1. The fourth-order valence-electron chi connectivity index (χ4n) is 1.85. The molecule has 0 aliphatic rings. The Morgan fingerprint density at radius 3 is 2.75 bits per heavy atom. The zero-order chi connectivity index (χ0) is 16.9. The first-order valence-corrected chi connectivity index (χ1v) is 8.34. The van der Waals surface area contributed by atoms with Crippen molar-refractivity contribution in [2.45, 2.75) is 17.4 Å². The van der Waals surface area contributed by atoms with Crippen molar-refractivity contribution >= 4 is 35.0 Å². The maximum Gasteiger partial charge on any atom is 0.277 e. The Bertz CT molecular complexity index is 824. The standard InChI is InChI=1S/C16H13ClN4O2S/c1-10(14(22)19-13-6-4-12(17)5-7-13)24-16-21-20-15(23-16)11-3-2-8-18-9-11/h2-10H,1H3,(H,19,22). The zero-order valence-corrected chi connectivity index (χ0v) is 14.2. The first-order chi connectivity index (χ1) is 11.6. The summed E-state index contributed by atoms with van der Waals surface area (Å²) in [6.45, 7) is 1.77. The lowest BCUT2D eigenvalue weighted by Crippen LogP contribution is -2.22. The molecule has 0 bridgehead atoms. The number of pyridine rings is 1. The van der Waals surface area contributed by atoms with Gasteiger partial charge in [0, 0.05) is 23.1 Å². The summed E-state index contributed by atoms with van der Waals surface area (Å²) in [5.41, 5.74) is 1.41. The first-order valence-electron chi connectivity index (χ1n) is 7.09. The fraction of sp³-hybridized carbons (Fsp3) is 0.125. The average Bonchev–Trinajstić information content (AvgIpc) is 3.06. The second-order valence-corrected chi connectivity index (χ2v) is 6.60. The molecule has 3 rings (SSSR count). The van der Waals surface area contributed by atoms with Gasteiger partial charge in [-0.2, -0.15) is 0 Å². The maximum absolute atomic E-state index is 12.2. The van der Waals surface area contributed by atoms with Crippen LogP contribution in [0.4, 0.5) is 5.69 Å². The number of thioether (sulfide) groups is 1. The van der Waals surface area contributed by atoms with Crippen LogP contribution in [0.3, 0.4) is 0 Å². The largest absolute Gasteiger partial charge is 0.411 e.